The van der Waals surface area contributed by atoms with Crippen LogP contribution in [0.15, 0.2) is 24.4 Å². The Bertz CT molecular complexity index is 657. The van der Waals surface area contributed by atoms with Gasteiger partial charge in [-0.15, -0.1) is 23.7 Å². The molecule has 1 fully saturated rings. The number of benzene rings is 1. The standard InChI is InChI=1S/C16H20Cl2N4S.ClH/c17-14-2-1-12(9-15(14)18)3-4-21-5-7-22(8-6-21)11-13-10-20-16(19)23-13;/h1-2,9-10H,3-8,11H2,(H2,19,20);1H. The Balaban J connectivity index is 0.00000208. The lowest BCUT2D eigenvalue weighted by molar-refractivity contribution is 0.129. The number of nitrogens with two attached hydrogens (primary N) is 1. The lowest BCUT2D eigenvalue weighted by atomic mass is 10.1. The molecule has 0 unspecified atom stereocenters. The molecule has 2 N–H and O–H groups in total. The van der Waals surface area contributed by atoms with Crippen molar-refractivity contribution in [1.29, 1.82) is 0 Å². The largest absolute Gasteiger partial charge is 0.375 e. The molecule has 2 heterocycles. The van der Waals surface area contributed by atoms with E-state index in [1.165, 1.54) is 10.4 Å². The van der Waals surface area contributed by atoms with Crippen molar-refractivity contribution in [2.45, 2.75) is 13.0 Å². The van der Waals surface area contributed by atoms with Gasteiger partial charge in [0.25, 0.3) is 0 Å². The van der Waals surface area contributed by atoms with Gasteiger partial charge in [-0.1, -0.05) is 29.3 Å². The van der Waals surface area contributed by atoms with Crippen LogP contribution >= 0.6 is 46.9 Å². The normalized spacial score (nSPS) is 16.1. The summed E-state index contributed by atoms with van der Waals surface area (Å²) in [6.45, 7) is 6.36. The highest BCUT2D eigenvalue weighted by Gasteiger charge is 2.17. The van der Waals surface area contributed by atoms with Crippen molar-refractivity contribution in [1.82, 2.24) is 14.8 Å². The van der Waals surface area contributed by atoms with Gasteiger partial charge in [0.2, 0.25) is 0 Å². The summed E-state index contributed by atoms with van der Waals surface area (Å²) in [5.74, 6) is 0. The number of rotatable bonds is 5. The van der Waals surface area contributed by atoms with Gasteiger partial charge in [-0.05, 0) is 24.1 Å². The molecule has 0 atom stereocenters. The van der Waals surface area contributed by atoms with Crippen LogP contribution in [0.1, 0.15) is 10.4 Å². The highest BCUT2D eigenvalue weighted by Crippen LogP contribution is 2.23. The Hall–Kier alpha value is -0.560. The number of nitrogen functional groups attached to an aromatic ring is 1. The van der Waals surface area contributed by atoms with E-state index in [2.05, 4.69) is 20.9 Å². The minimum absolute atomic E-state index is 0. The van der Waals surface area contributed by atoms with E-state index in [0.717, 1.165) is 45.7 Å². The molecule has 1 aliphatic rings. The molecule has 0 bridgehead atoms. The fraction of sp³-hybridized carbons (Fsp3) is 0.438. The van der Waals surface area contributed by atoms with Crippen LogP contribution in [0.4, 0.5) is 5.13 Å². The number of thiazole rings is 1. The molecule has 0 amide bonds. The van der Waals surface area contributed by atoms with Crippen molar-refractivity contribution >= 4 is 52.1 Å². The number of halogens is 3. The van der Waals surface area contributed by atoms with E-state index in [1.807, 2.05) is 18.3 Å². The van der Waals surface area contributed by atoms with E-state index < -0.39 is 0 Å². The maximum absolute atomic E-state index is 6.07. The topological polar surface area (TPSA) is 45.4 Å². The summed E-state index contributed by atoms with van der Waals surface area (Å²) < 4.78 is 0. The van der Waals surface area contributed by atoms with E-state index in [1.54, 1.807) is 11.3 Å². The van der Waals surface area contributed by atoms with E-state index >= 15 is 0 Å². The van der Waals surface area contributed by atoms with Gasteiger partial charge in [0.05, 0.1) is 10.0 Å². The van der Waals surface area contributed by atoms with Crippen molar-refractivity contribution in [2.75, 3.05) is 38.5 Å². The third-order valence-corrected chi connectivity index (χ3v) is 5.67. The van der Waals surface area contributed by atoms with Crippen LogP contribution in [-0.4, -0.2) is 47.5 Å². The molecule has 0 aliphatic carbocycles. The smallest absolute Gasteiger partial charge is 0.180 e. The van der Waals surface area contributed by atoms with Crippen LogP contribution in [-0.2, 0) is 13.0 Å². The Labute approximate surface area is 163 Å². The highest BCUT2D eigenvalue weighted by atomic mass is 35.5. The van der Waals surface area contributed by atoms with Gasteiger partial charge in [-0.3, -0.25) is 4.90 Å². The molecular formula is C16H21Cl3N4S. The summed E-state index contributed by atoms with van der Waals surface area (Å²) in [5, 5.41) is 1.91. The first kappa shape index (κ1) is 19.8. The number of aromatic nitrogens is 1. The van der Waals surface area contributed by atoms with Crippen LogP contribution in [0.5, 0.6) is 0 Å². The zero-order valence-electron chi connectivity index (χ0n) is 13.3. The second kappa shape index (κ2) is 9.22. The summed E-state index contributed by atoms with van der Waals surface area (Å²) >= 11 is 13.6. The molecule has 0 saturated carbocycles. The fourth-order valence-corrected chi connectivity index (χ4v) is 3.82. The van der Waals surface area contributed by atoms with Gasteiger partial charge in [-0.25, -0.2) is 4.98 Å². The van der Waals surface area contributed by atoms with Crippen molar-refractivity contribution in [3.05, 3.63) is 44.9 Å². The van der Waals surface area contributed by atoms with Crippen molar-refractivity contribution in [3.63, 3.8) is 0 Å². The van der Waals surface area contributed by atoms with Crippen LogP contribution < -0.4 is 5.73 Å². The Morgan fingerprint density at radius 1 is 1.08 bits per heavy atom. The molecular weight excluding hydrogens is 387 g/mol. The van der Waals surface area contributed by atoms with Gasteiger partial charge in [0.15, 0.2) is 5.13 Å². The summed E-state index contributed by atoms with van der Waals surface area (Å²) in [6.07, 6.45) is 2.89. The van der Waals surface area contributed by atoms with Gasteiger partial charge in [0.1, 0.15) is 0 Å². The lowest BCUT2D eigenvalue weighted by Crippen LogP contribution is -2.46. The number of anilines is 1. The molecule has 24 heavy (non-hydrogen) atoms. The zero-order valence-corrected chi connectivity index (χ0v) is 16.4. The van der Waals surface area contributed by atoms with Gasteiger partial charge < -0.3 is 10.6 Å². The van der Waals surface area contributed by atoms with E-state index in [4.69, 9.17) is 28.9 Å². The van der Waals surface area contributed by atoms with Crippen molar-refractivity contribution in [2.24, 2.45) is 0 Å². The second-order valence-corrected chi connectivity index (χ2v) is 7.74. The Morgan fingerprint density at radius 2 is 1.79 bits per heavy atom. The second-order valence-electron chi connectivity index (χ2n) is 5.78. The lowest BCUT2D eigenvalue weighted by Gasteiger charge is -2.34. The highest BCUT2D eigenvalue weighted by molar-refractivity contribution is 7.15. The van der Waals surface area contributed by atoms with Crippen LogP contribution in [0.2, 0.25) is 10.0 Å². The average Bonchev–Trinajstić information content (AvgIpc) is 2.95. The first-order valence-corrected chi connectivity index (χ1v) is 9.26. The van der Waals surface area contributed by atoms with Gasteiger partial charge in [-0.2, -0.15) is 0 Å². The quantitative estimate of drug-likeness (QED) is 0.818. The molecule has 1 saturated heterocycles. The molecule has 132 valence electrons. The maximum Gasteiger partial charge on any atom is 0.180 e. The monoisotopic (exact) mass is 406 g/mol. The molecule has 3 rings (SSSR count). The SMILES string of the molecule is Cl.Nc1ncc(CN2CCN(CCc3ccc(Cl)c(Cl)c3)CC2)s1. The summed E-state index contributed by atoms with van der Waals surface area (Å²) in [6, 6.07) is 5.89. The minimum atomic E-state index is 0. The predicted molar refractivity (Wildman–Crippen MR) is 106 cm³/mol. The minimum Gasteiger partial charge on any atom is -0.375 e. The number of nitrogens with zero attached hydrogens (tertiary/aromatic N) is 3. The molecule has 2 aromatic rings. The number of hydrogen-bond donors (Lipinski definition) is 1. The molecule has 8 heteroatoms. The Morgan fingerprint density at radius 3 is 2.42 bits per heavy atom. The maximum atomic E-state index is 6.07. The third-order valence-electron chi connectivity index (χ3n) is 4.12. The van der Waals surface area contributed by atoms with Crippen LogP contribution in [0.25, 0.3) is 0 Å². The average molecular weight is 408 g/mol. The van der Waals surface area contributed by atoms with Crippen molar-refractivity contribution in [3.8, 4) is 0 Å². The number of hydrogen-bond acceptors (Lipinski definition) is 5. The fourth-order valence-electron chi connectivity index (χ4n) is 2.77. The van der Waals surface area contributed by atoms with E-state index in [-0.39, 0.29) is 12.4 Å². The first-order chi connectivity index (χ1) is 11.1. The molecule has 0 radical (unpaired) electrons. The first-order valence-electron chi connectivity index (χ1n) is 7.69. The van der Waals surface area contributed by atoms with Crippen molar-refractivity contribution < 1.29 is 0 Å². The molecule has 0 spiro atoms. The molecule has 1 aromatic carbocycles. The molecule has 1 aromatic heterocycles. The summed E-state index contributed by atoms with van der Waals surface area (Å²) in [7, 11) is 0. The summed E-state index contributed by atoms with van der Waals surface area (Å²) in [4.78, 5) is 10.3. The van der Waals surface area contributed by atoms with Gasteiger partial charge >= 0.3 is 0 Å². The van der Waals surface area contributed by atoms with Crippen LogP contribution in [0, 0.1) is 0 Å². The van der Waals surface area contributed by atoms with E-state index in [9.17, 15) is 0 Å². The molecule has 1 aliphatic heterocycles. The molecule has 4 nitrogen and oxygen atoms in total. The number of piperazine rings is 1. The van der Waals surface area contributed by atoms with E-state index in [0.29, 0.717) is 15.2 Å². The zero-order chi connectivity index (χ0) is 16.2. The summed E-state index contributed by atoms with van der Waals surface area (Å²) in [5.41, 5.74) is 6.92. The Kier molecular flexibility index (Phi) is 7.60. The van der Waals surface area contributed by atoms with Crippen LogP contribution in [0.3, 0.4) is 0 Å². The van der Waals surface area contributed by atoms with Gasteiger partial charge in [0, 0.05) is 50.3 Å². The predicted octanol–water partition coefficient (Wildman–Crippen LogP) is 3.81. The third kappa shape index (κ3) is 5.48.